The molecular weight excluding hydrogens is 413 g/mol. The number of carbonyl (C=O) groups excluding carboxylic acids is 4. The summed E-state index contributed by atoms with van der Waals surface area (Å²) in [7, 11) is -4.54. The van der Waals surface area contributed by atoms with Gasteiger partial charge < -0.3 is 4.57 Å². The summed E-state index contributed by atoms with van der Waals surface area (Å²) in [6, 6.07) is 7.10. The van der Waals surface area contributed by atoms with Gasteiger partial charge in [-0.05, 0) is 63.8 Å². The summed E-state index contributed by atoms with van der Waals surface area (Å²) in [5, 5.41) is 2.11. The van der Waals surface area contributed by atoms with E-state index in [4.69, 9.17) is 0 Å². The van der Waals surface area contributed by atoms with Gasteiger partial charge in [-0.3, -0.25) is 24.5 Å². The van der Waals surface area contributed by atoms with Gasteiger partial charge in [-0.15, -0.1) is 0 Å². The van der Waals surface area contributed by atoms with Crippen LogP contribution in [-0.4, -0.2) is 28.5 Å². The number of hydrogen-bond acceptors (Lipinski definition) is 5. The number of imide groups is 1. The number of benzene rings is 2. The molecular formula is C24H26NO5P. The minimum Gasteiger partial charge on any atom is -0.306 e. The molecule has 1 unspecified atom stereocenters. The molecule has 7 heteroatoms. The lowest BCUT2D eigenvalue weighted by atomic mass is 10.0. The molecule has 0 radical (unpaired) electrons. The van der Waals surface area contributed by atoms with Crippen LogP contribution in [0.15, 0.2) is 24.3 Å². The molecule has 0 spiro atoms. The minimum absolute atomic E-state index is 0.178. The zero-order valence-electron chi connectivity index (χ0n) is 18.6. The van der Waals surface area contributed by atoms with Crippen molar-refractivity contribution in [3.05, 3.63) is 68.8 Å². The van der Waals surface area contributed by atoms with Crippen LogP contribution < -0.4 is 5.32 Å². The van der Waals surface area contributed by atoms with Crippen molar-refractivity contribution in [2.45, 2.75) is 53.6 Å². The van der Waals surface area contributed by atoms with Gasteiger partial charge in [0.05, 0.1) is 0 Å². The molecule has 3 rings (SSSR count). The molecule has 1 fully saturated rings. The first kappa shape index (κ1) is 22.8. The van der Waals surface area contributed by atoms with Crippen LogP contribution in [0, 0.1) is 41.5 Å². The van der Waals surface area contributed by atoms with Crippen LogP contribution in [0.2, 0.25) is 0 Å². The van der Waals surface area contributed by atoms with Gasteiger partial charge in [0, 0.05) is 17.5 Å². The highest BCUT2D eigenvalue weighted by molar-refractivity contribution is 7.96. The molecule has 1 heterocycles. The standard InChI is InChI=1S/C24H26NO5P/c1-12-7-14(3)20(15(4)8-12)23(28)31(30,18-11-19(26)25-22(18)27)24(29)21-16(5)9-13(2)10-17(21)6/h7-10,18H,11H2,1-6H3,(H,25,26,27). The maximum atomic E-state index is 14.4. The van der Waals surface area contributed by atoms with Crippen molar-refractivity contribution >= 4 is 30.0 Å². The van der Waals surface area contributed by atoms with Crippen molar-refractivity contribution in [1.82, 2.24) is 5.32 Å². The van der Waals surface area contributed by atoms with Crippen molar-refractivity contribution in [3.8, 4) is 0 Å². The zero-order chi connectivity index (χ0) is 23.2. The van der Waals surface area contributed by atoms with Gasteiger partial charge >= 0.3 is 0 Å². The number of rotatable bonds is 5. The maximum Gasteiger partial charge on any atom is 0.238 e. The van der Waals surface area contributed by atoms with Gasteiger partial charge in [0.25, 0.3) is 0 Å². The van der Waals surface area contributed by atoms with Crippen LogP contribution in [0.5, 0.6) is 0 Å². The van der Waals surface area contributed by atoms with E-state index < -0.39 is 42.1 Å². The number of amides is 2. The molecule has 6 nitrogen and oxygen atoms in total. The first-order valence-electron chi connectivity index (χ1n) is 10.1. The van der Waals surface area contributed by atoms with Crippen LogP contribution in [-0.2, 0) is 14.2 Å². The van der Waals surface area contributed by atoms with Crippen LogP contribution in [0.4, 0.5) is 0 Å². The molecule has 0 aliphatic carbocycles. The highest BCUT2D eigenvalue weighted by Crippen LogP contribution is 2.59. The Morgan fingerprint density at radius 2 is 1.13 bits per heavy atom. The first-order chi connectivity index (χ1) is 14.4. The van der Waals surface area contributed by atoms with Crippen molar-refractivity contribution in [1.29, 1.82) is 0 Å². The van der Waals surface area contributed by atoms with E-state index in [1.54, 1.807) is 52.0 Å². The van der Waals surface area contributed by atoms with Crippen molar-refractivity contribution in [2.75, 3.05) is 0 Å². The van der Waals surface area contributed by atoms with Gasteiger partial charge in [-0.25, -0.2) is 0 Å². The molecule has 162 valence electrons. The van der Waals surface area contributed by atoms with Crippen molar-refractivity contribution < 1.29 is 23.7 Å². The summed E-state index contributed by atoms with van der Waals surface area (Å²) in [5.41, 5.74) is 1.31. The third kappa shape index (κ3) is 3.81. The summed E-state index contributed by atoms with van der Waals surface area (Å²) >= 11 is 0. The molecule has 0 bridgehead atoms. The Morgan fingerprint density at radius 1 is 0.774 bits per heavy atom. The second-order valence-corrected chi connectivity index (χ2v) is 11.2. The largest absolute Gasteiger partial charge is 0.306 e. The quantitative estimate of drug-likeness (QED) is 0.554. The van der Waals surface area contributed by atoms with E-state index >= 15 is 0 Å². The highest BCUT2D eigenvalue weighted by atomic mass is 31.2. The van der Waals surface area contributed by atoms with E-state index in [9.17, 15) is 23.7 Å². The Hall–Kier alpha value is -2.85. The van der Waals surface area contributed by atoms with Crippen molar-refractivity contribution in [3.63, 3.8) is 0 Å². The molecule has 1 saturated heterocycles. The fourth-order valence-electron chi connectivity index (χ4n) is 4.58. The molecule has 31 heavy (non-hydrogen) atoms. The smallest absolute Gasteiger partial charge is 0.238 e. The Morgan fingerprint density at radius 3 is 1.42 bits per heavy atom. The normalized spacial score (nSPS) is 16.4. The van der Waals surface area contributed by atoms with Gasteiger partial charge in [0.15, 0.2) is 0 Å². The lowest BCUT2D eigenvalue weighted by Crippen LogP contribution is -2.30. The summed E-state index contributed by atoms with van der Waals surface area (Å²) in [6.45, 7) is 10.6. The lowest BCUT2D eigenvalue weighted by molar-refractivity contribution is -0.124. The summed E-state index contributed by atoms with van der Waals surface area (Å²) in [6.07, 6.45) is -0.443. The topological polar surface area (TPSA) is 97.4 Å². The zero-order valence-corrected chi connectivity index (χ0v) is 19.5. The molecule has 2 amide bonds. The predicted molar refractivity (Wildman–Crippen MR) is 119 cm³/mol. The van der Waals surface area contributed by atoms with E-state index in [2.05, 4.69) is 5.32 Å². The lowest BCUT2D eigenvalue weighted by Gasteiger charge is -2.23. The maximum absolute atomic E-state index is 14.4. The van der Waals surface area contributed by atoms with Crippen LogP contribution in [0.3, 0.4) is 0 Å². The van der Waals surface area contributed by atoms with E-state index in [1.807, 2.05) is 13.8 Å². The fraction of sp³-hybridized carbons (Fsp3) is 0.333. The Labute approximate surface area is 181 Å². The van der Waals surface area contributed by atoms with Gasteiger partial charge in [-0.1, -0.05) is 35.4 Å². The van der Waals surface area contributed by atoms with E-state index in [-0.39, 0.29) is 11.1 Å². The molecule has 1 atom stereocenters. The van der Waals surface area contributed by atoms with Gasteiger partial charge in [0.2, 0.25) is 30.0 Å². The number of carbonyl (C=O) groups is 4. The average molecular weight is 439 g/mol. The van der Waals surface area contributed by atoms with Gasteiger partial charge in [0.1, 0.15) is 5.66 Å². The Kier molecular flexibility index (Phi) is 5.90. The summed E-state index contributed by atoms with van der Waals surface area (Å²) in [4.78, 5) is 52.0. The van der Waals surface area contributed by atoms with Crippen molar-refractivity contribution in [2.24, 2.45) is 0 Å². The molecule has 2 aromatic rings. The van der Waals surface area contributed by atoms with E-state index in [0.717, 1.165) is 11.1 Å². The average Bonchev–Trinajstić information content (AvgIpc) is 2.97. The highest BCUT2D eigenvalue weighted by Gasteiger charge is 2.55. The van der Waals surface area contributed by atoms with Gasteiger partial charge in [-0.2, -0.15) is 0 Å². The molecule has 1 aliphatic heterocycles. The summed E-state index contributed by atoms with van der Waals surface area (Å²) in [5.74, 6) is -1.47. The molecule has 0 aromatic heterocycles. The third-order valence-electron chi connectivity index (χ3n) is 5.77. The minimum atomic E-state index is -4.54. The molecule has 2 aromatic carbocycles. The number of hydrogen-bond donors (Lipinski definition) is 1. The number of nitrogens with one attached hydrogen (secondary N) is 1. The predicted octanol–water partition coefficient (Wildman–Crippen LogP) is 4.30. The van der Waals surface area contributed by atoms with E-state index in [0.29, 0.717) is 22.3 Å². The molecule has 1 aliphatic rings. The second-order valence-electron chi connectivity index (χ2n) is 8.45. The monoisotopic (exact) mass is 439 g/mol. The molecule has 1 N–H and O–H groups in total. The summed E-state index contributed by atoms with van der Waals surface area (Å²) < 4.78 is 14.4. The van der Waals surface area contributed by atoms with Crippen LogP contribution >= 0.6 is 7.14 Å². The SMILES string of the molecule is Cc1cc(C)c(C(=O)P(=O)(C(=O)c2c(C)cc(C)cc2C)C2CC(=O)NC2=O)c(C)c1. The Bertz CT molecular complexity index is 1090. The fourth-order valence-corrected chi connectivity index (χ4v) is 7.51. The second kappa shape index (κ2) is 8.01. The van der Waals surface area contributed by atoms with Crippen LogP contribution in [0.25, 0.3) is 0 Å². The Balaban J connectivity index is 2.29. The van der Waals surface area contributed by atoms with E-state index in [1.165, 1.54) is 0 Å². The third-order valence-corrected chi connectivity index (χ3v) is 8.72. The van der Waals surface area contributed by atoms with Crippen LogP contribution in [0.1, 0.15) is 60.5 Å². The number of aryl methyl sites for hydroxylation is 6. The first-order valence-corrected chi connectivity index (χ1v) is 11.8. The molecule has 0 saturated carbocycles.